The molecule has 1 aliphatic rings. The van der Waals surface area contributed by atoms with Crippen molar-refractivity contribution in [2.45, 2.75) is 44.8 Å². The zero-order valence-corrected chi connectivity index (χ0v) is 24.4. The van der Waals surface area contributed by atoms with Crippen molar-refractivity contribution in [1.29, 1.82) is 5.26 Å². The minimum Gasteiger partial charge on any atom is -0.489 e. The fourth-order valence-electron chi connectivity index (χ4n) is 4.82. The van der Waals surface area contributed by atoms with Crippen LogP contribution in [0.25, 0.3) is 11.3 Å². The van der Waals surface area contributed by atoms with Gasteiger partial charge in [0.25, 0.3) is 11.8 Å². The number of nitrogens with zero attached hydrogens (tertiary/aromatic N) is 5. The smallest absolute Gasteiger partial charge is 0.251 e. The Morgan fingerprint density at radius 2 is 1.90 bits per heavy atom. The lowest BCUT2D eigenvalue weighted by Crippen LogP contribution is -2.45. The van der Waals surface area contributed by atoms with Gasteiger partial charge in [-0.25, -0.2) is 9.97 Å². The Hall–Kier alpha value is -4.33. The molecule has 0 aliphatic carbocycles. The van der Waals surface area contributed by atoms with Crippen molar-refractivity contribution in [3.05, 3.63) is 77.2 Å². The number of aliphatic hydroxyl groups is 1. The van der Waals surface area contributed by atoms with Crippen molar-refractivity contribution < 1.29 is 19.4 Å². The summed E-state index contributed by atoms with van der Waals surface area (Å²) in [5.74, 6) is 0.769. The van der Waals surface area contributed by atoms with E-state index < -0.39 is 6.10 Å². The third kappa shape index (κ3) is 8.35. The van der Waals surface area contributed by atoms with E-state index in [0.29, 0.717) is 67.3 Å². The van der Waals surface area contributed by atoms with Gasteiger partial charge in [0.2, 0.25) is 0 Å². The maximum absolute atomic E-state index is 12.4. The van der Waals surface area contributed by atoms with Crippen LogP contribution in [0, 0.1) is 11.3 Å². The first kappa shape index (κ1) is 30.6. The van der Waals surface area contributed by atoms with Crippen LogP contribution in [0.1, 0.15) is 53.5 Å². The largest absolute Gasteiger partial charge is 0.489 e. The number of carbonyl (C=O) groups excluding carboxylic acids is 2. The summed E-state index contributed by atoms with van der Waals surface area (Å²) in [7, 11) is 4.02. The number of hydrogen-bond donors (Lipinski definition) is 2. The maximum atomic E-state index is 12.4. The molecule has 4 rings (SSSR count). The highest BCUT2D eigenvalue weighted by Gasteiger charge is 2.26. The second kappa shape index (κ2) is 14.5. The molecule has 1 aliphatic heterocycles. The highest BCUT2D eigenvalue weighted by atomic mass is 16.5. The van der Waals surface area contributed by atoms with Gasteiger partial charge in [0.1, 0.15) is 29.9 Å². The van der Waals surface area contributed by atoms with Gasteiger partial charge in [-0.3, -0.25) is 9.59 Å². The number of ether oxygens (including phenoxy) is 1. The summed E-state index contributed by atoms with van der Waals surface area (Å²) in [5, 5.41) is 22.3. The first-order valence-corrected chi connectivity index (χ1v) is 14.3. The molecule has 42 heavy (non-hydrogen) atoms. The van der Waals surface area contributed by atoms with Crippen molar-refractivity contribution in [1.82, 2.24) is 25.1 Å². The summed E-state index contributed by atoms with van der Waals surface area (Å²) in [6.45, 7) is 4.03. The van der Waals surface area contributed by atoms with E-state index in [0.717, 1.165) is 24.1 Å². The van der Waals surface area contributed by atoms with Crippen LogP contribution in [-0.4, -0.2) is 89.2 Å². The average molecular weight is 571 g/mol. The second-order valence-corrected chi connectivity index (χ2v) is 10.8. The van der Waals surface area contributed by atoms with Crippen LogP contribution in [0.3, 0.4) is 0 Å². The van der Waals surface area contributed by atoms with Crippen molar-refractivity contribution in [2.75, 3.05) is 40.3 Å². The summed E-state index contributed by atoms with van der Waals surface area (Å²) in [4.78, 5) is 37.3. The predicted octanol–water partition coefficient (Wildman–Crippen LogP) is 3.04. The minimum atomic E-state index is -1.01. The molecule has 10 nitrogen and oxygen atoms in total. The number of piperidine rings is 1. The SMILES string of the molecule is C[C@@H](O)C(=O)N1CCC(Oc2ccc(-c3ccnc(Cc4ccc(C(=O)NCCCN(C)C)cc4)n3)cc2C#N)CC1. The molecule has 0 spiro atoms. The van der Waals surface area contributed by atoms with Crippen molar-refractivity contribution >= 4 is 11.8 Å². The summed E-state index contributed by atoms with van der Waals surface area (Å²) in [6.07, 6.45) is 3.22. The molecular weight excluding hydrogens is 532 g/mol. The fraction of sp³-hybridized carbons (Fsp3) is 0.406. The lowest BCUT2D eigenvalue weighted by atomic mass is 10.0. The second-order valence-electron chi connectivity index (χ2n) is 10.8. The Kier molecular flexibility index (Phi) is 10.6. The molecule has 1 saturated heterocycles. The molecule has 3 aromatic rings. The molecule has 2 N–H and O–H groups in total. The quantitative estimate of drug-likeness (QED) is 0.336. The molecule has 2 amide bonds. The number of rotatable bonds is 11. The maximum Gasteiger partial charge on any atom is 0.251 e. The summed E-state index contributed by atoms with van der Waals surface area (Å²) < 4.78 is 6.14. The summed E-state index contributed by atoms with van der Waals surface area (Å²) in [6, 6.07) is 16.9. The Balaban J connectivity index is 1.36. The number of hydrogen-bond acceptors (Lipinski definition) is 8. The Bertz CT molecular complexity index is 1410. The zero-order valence-electron chi connectivity index (χ0n) is 24.4. The number of amides is 2. The molecule has 1 aromatic heterocycles. The fourth-order valence-corrected chi connectivity index (χ4v) is 4.82. The molecule has 1 atom stereocenters. The molecule has 10 heteroatoms. The van der Waals surface area contributed by atoms with Gasteiger partial charge in [0, 0.05) is 56.2 Å². The van der Waals surface area contributed by atoms with Crippen molar-refractivity contribution in [3.63, 3.8) is 0 Å². The zero-order chi connectivity index (χ0) is 30.1. The first-order valence-electron chi connectivity index (χ1n) is 14.3. The summed E-state index contributed by atoms with van der Waals surface area (Å²) in [5.41, 5.74) is 3.48. The molecule has 1 fully saturated rings. The Morgan fingerprint density at radius 3 is 2.57 bits per heavy atom. The van der Waals surface area contributed by atoms with E-state index >= 15 is 0 Å². The number of aromatic nitrogens is 2. The third-order valence-electron chi connectivity index (χ3n) is 7.15. The van der Waals surface area contributed by atoms with Crippen LogP contribution >= 0.6 is 0 Å². The van der Waals surface area contributed by atoms with Crippen LogP contribution in [0.5, 0.6) is 5.75 Å². The number of carbonyl (C=O) groups is 2. The topological polar surface area (TPSA) is 132 Å². The average Bonchev–Trinajstić information content (AvgIpc) is 2.99. The van der Waals surface area contributed by atoms with Crippen molar-refractivity contribution in [3.8, 4) is 23.1 Å². The molecule has 0 saturated carbocycles. The van der Waals surface area contributed by atoms with Gasteiger partial charge >= 0.3 is 0 Å². The van der Waals surface area contributed by atoms with Gasteiger partial charge in [0.05, 0.1) is 11.3 Å². The van der Waals surface area contributed by atoms with E-state index in [1.165, 1.54) is 6.92 Å². The molecular formula is C32H38N6O4. The molecule has 220 valence electrons. The van der Waals surface area contributed by atoms with Crippen LogP contribution in [0.15, 0.2) is 54.7 Å². The number of benzene rings is 2. The molecule has 0 radical (unpaired) electrons. The van der Waals surface area contributed by atoms with E-state index in [1.807, 2.05) is 44.4 Å². The number of likely N-dealkylation sites (tertiary alicyclic amines) is 1. The standard InChI is InChI=1S/C32H38N6O4/c1-22(39)32(41)38-17-12-27(13-18-38)42-29-10-9-25(20-26(29)21-33)28-11-15-34-30(36-28)19-23-5-7-24(8-6-23)31(40)35-14-4-16-37(2)3/h5-11,15,20,22,27,39H,4,12-14,16-19H2,1-3H3,(H,35,40)/t22-/m1/s1. The highest BCUT2D eigenvalue weighted by molar-refractivity contribution is 5.94. The van der Waals surface area contributed by atoms with Gasteiger partial charge in [-0.2, -0.15) is 5.26 Å². The number of nitrogens with one attached hydrogen (secondary N) is 1. The third-order valence-corrected chi connectivity index (χ3v) is 7.15. The van der Waals surface area contributed by atoms with Crippen LogP contribution in [0.4, 0.5) is 0 Å². The van der Waals surface area contributed by atoms with Crippen LogP contribution in [-0.2, 0) is 11.2 Å². The Labute approximate surface area is 247 Å². The molecule has 0 bridgehead atoms. The van der Waals surface area contributed by atoms with Crippen LogP contribution in [0.2, 0.25) is 0 Å². The minimum absolute atomic E-state index is 0.0869. The van der Waals surface area contributed by atoms with Gasteiger partial charge in [-0.1, -0.05) is 12.1 Å². The van der Waals surface area contributed by atoms with Gasteiger partial charge in [0.15, 0.2) is 0 Å². The highest BCUT2D eigenvalue weighted by Crippen LogP contribution is 2.28. The lowest BCUT2D eigenvalue weighted by molar-refractivity contribution is -0.141. The van der Waals surface area contributed by atoms with Crippen LogP contribution < -0.4 is 10.1 Å². The van der Waals surface area contributed by atoms with E-state index in [9.17, 15) is 20.0 Å². The first-order chi connectivity index (χ1) is 20.2. The van der Waals surface area contributed by atoms with E-state index in [1.54, 1.807) is 29.3 Å². The van der Waals surface area contributed by atoms with E-state index in [2.05, 4.69) is 21.3 Å². The van der Waals surface area contributed by atoms with Crippen molar-refractivity contribution in [2.24, 2.45) is 0 Å². The number of aliphatic hydroxyl groups excluding tert-OH is 1. The lowest BCUT2D eigenvalue weighted by Gasteiger charge is -2.33. The predicted molar refractivity (Wildman–Crippen MR) is 159 cm³/mol. The molecule has 2 heterocycles. The van der Waals surface area contributed by atoms with E-state index in [-0.39, 0.29) is 17.9 Å². The monoisotopic (exact) mass is 570 g/mol. The Morgan fingerprint density at radius 1 is 1.17 bits per heavy atom. The summed E-state index contributed by atoms with van der Waals surface area (Å²) >= 11 is 0. The van der Waals surface area contributed by atoms with Gasteiger partial charge in [-0.15, -0.1) is 0 Å². The van der Waals surface area contributed by atoms with Gasteiger partial charge < -0.3 is 25.0 Å². The van der Waals surface area contributed by atoms with Gasteiger partial charge in [-0.05, 0) is 75.9 Å². The van der Waals surface area contributed by atoms with E-state index in [4.69, 9.17) is 9.72 Å². The molecule has 2 aromatic carbocycles. The molecule has 0 unspecified atom stereocenters. The normalized spacial score (nSPS) is 14.3. The number of nitriles is 1.